The first kappa shape index (κ1) is 24.7. The van der Waals surface area contributed by atoms with Crippen molar-refractivity contribution in [3.63, 3.8) is 0 Å². The number of halogens is 2. The van der Waals surface area contributed by atoms with Gasteiger partial charge in [0.15, 0.2) is 0 Å². The lowest BCUT2D eigenvalue weighted by atomic mass is 10.1. The summed E-state index contributed by atoms with van der Waals surface area (Å²) < 4.78 is 5.17. The van der Waals surface area contributed by atoms with Crippen LogP contribution in [0.4, 0.5) is 21.9 Å². The summed E-state index contributed by atoms with van der Waals surface area (Å²) in [6.45, 7) is 2.83. The van der Waals surface area contributed by atoms with E-state index in [-0.39, 0.29) is 5.91 Å². The van der Waals surface area contributed by atoms with Gasteiger partial charge in [-0.3, -0.25) is 4.79 Å². The number of anilines is 3. The number of piperazine rings is 1. The SMILES string of the molecule is COc1ccc(CC(=O)N2CCN(c3ccc(NC(=O)Nc4ccc(Cl)cc4Cl)cc3)CC2)cc1. The van der Waals surface area contributed by atoms with Crippen LogP contribution < -0.4 is 20.3 Å². The highest BCUT2D eigenvalue weighted by atomic mass is 35.5. The third kappa shape index (κ3) is 6.59. The predicted molar refractivity (Wildman–Crippen MR) is 141 cm³/mol. The van der Waals surface area contributed by atoms with Crippen LogP contribution in [0.25, 0.3) is 0 Å². The predicted octanol–water partition coefficient (Wildman–Crippen LogP) is 5.54. The molecule has 35 heavy (non-hydrogen) atoms. The van der Waals surface area contributed by atoms with Gasteiger partial charge in [-0.2, -0.15) is 0 Å². The van der Waals surface area contributed by atoms with Crippen molar-refractivity contribution >= 4 is 52.2 Å². The van der Waals surface area contributed by atoms with Crippen molar-refractivity contribution in [1.29, 1.82) is 0 Å². The highest BCUT2D eigenvalue weighted by Crippen LogP contribution is 2.26. The van der Waals surface area contributed by atoms with Gasteiger partial charge in [-0.25, -0.2) is 4.79 Å². The highest BCUT2D eigenvalue weighted by Gasteiger charge is 2.21. The number of rotatable bonds is 6. The molecule has 1 heterocycles. The Bertz CT molecular complexity index is 1180. The molecule has 0 atom stereocenters. The number of ether oxygens (including phenoxy) is 1. The number of amides is 3. The number of urea groups is 1. The summed E-state index contributed by atoms with van der Waals surface area (Å²) in [5.41, 5.74) is 3.15. The van der Waals surface area contributed by atoms with Gasteiger partial charge in [-0.05, 0) is 60.2 Å². The van der Waals surface area contributed by atoms with E-state index >= 15 is 0 Å². The molecule has 1 aliphatic rings. The largest absolute Gasteiger partial charge is 0.497 e. The van der Waals surface area contributed by atoms with Crippen LogP contribution in [0.15, 0.2) is 66.7 Å². The Balaban J connectivity index is 1.26. The number of hydrogen-bond acceptors (Lipinski definition) is 4. The van der Waals surface area contributed by atoms with Gasteiger partial charge in [0, 0.05) is 42.6 Å². The van der Waals surface area contributed by atoms with E-state index in [0.29, 0.717) is 40.9 Å². The van der Waals surface area contributed by atoms with Crippen molar-refractivity contribution in [2.75, 3.05) is 48.8 Å². The number of benzene rings is 3. The molecule has 9 heteroatoms. The van der Waals surface area contributed by atoms with Crippen molar-refractivity contribution in [2.45, 2.75) is 6.42 Å². The molecular formula is C26H26Cl2N4O3. The fourth-order valence-electron chi connectivity index (χ4n) is 3.87. The molecule has 0 aromatic heterocycles. The van der Waals surface area contributed by atoms with Gasteiger partial charge < -0.3 is 25.2 Å². The number of methoxy groups -OCH3 is 1. The summed E-state index contributed by atoms with van der Waals surface area (Å²) in [7, 11) is 1.62. The van der Waals surface area contributed by atoms with Crippen molar-refractivity contribution in [3.05, 3.63) is 82.3 Å². The van der Waals surface area contributed by atoms with E-state index in [1.54, 1.807) is 25.3 Å². The van der Waals surface area contributed by atoms with Crippen LogP contribution in [0.3, 0.4) is 0 Å². The summed E-state index contributed by atoms with van der Waals surface area (Å²) in [6, 6.07) is 19.7. The Hall–Kier alpha value is -3.42. The topological polar surface area (TPSA) is 73.9 Å². The van der Waals surface area contributed by atoms with Gasteiger partial charge in [0.05, 0.1) is 24.2 Å². The molecule has 182 valence electrons. The number of nitrogens with one attached hydrogen (secondary N) is 2. The monoisotopic (exact) mass is 512 g/mol. The van der Waals surface area contributed by atoms with E-state index < -0.39 is 6.03 Å². The lowest BCUT2D eigenvalue weighted by Gasteiger charge is -2.36. The second kappa shape index (κ2) is 11.3. The summed E-state index contributed by atoms with van der Waals surface area (Å²) in [4.78, 5) is 29.1. The Morgan fingerprint density at radius 3 is 2.20 bits per heavy atom. The van der Waals surface area contributed by atoms with E-state index in [4.69, 9.17) is 27.9 Å². The van der Waals surface area contributed by atoms with Crippen molar-refractivity contribution in [1.82, 2.24) is 4.90 Å². The van der Waals surface area contributed by atoms with Crippen molar-refractivity contribution in [3.8, 4) is 5.75 Å². The van der Waals surface area contributed by atoms with Crippen LogP contribution in [0.5, 0.6) is 5.75 Å². The molecule has 4 rings (SSSR count). The molecule has 0 bridgehead atoms. The minimum atomic E-state index is -0.397. The number of nitrogens with zero attached hydrogens (tertiary/aromatic N) is 2. The van der Waals surface area contributed by atoms with E-state index in [9.17, 15) is 9.59 Å². The summed E-state index contributed by atoms with van der Waals surface area (Å²) in [6.07, 6.45) is 0.383. The maximum absolute atomic E-state index is 12.7. The van der Waals surface area contributed by atoms with Crippen LogP contribution in [-0.2, 0) is 11.2 Å². The zero-order valence-corrected chi connectivity index (χ0v) is 20.8. The quantitative estimate of drug-likeness (QED) is 0.454. The van der Waals surface area contributed by atoms with Gasteiger partial charge in [0.25, 0.3) is 0 Å². The third-order valence-corrected chi connectivity index (χ3v) is 6.36. The van der Waals surface area contributed by atoms with Gasteiger partial charge in [0.2, 0.25) is 5.91 Å². The molecule has 0 spiro atoms. The number of carbonyl (C=O) groups is 2. The molecule has 0 radical (unpaired) electrons. The third-order valence-electron chi connectivity index (χ3n) is 5.82. The standard InChI is InChI=1S/C26H26Cl2N4O3/c1-35-22-9-2-18(3-10-22)16-25(33)32-14-12-31(13-15-32)21-7-5-20(6-8-21)29-26(34)30-24-11-4-19(27)17-23(24)28/h2-11,17H,12-16H2,1H3,(H2,29,30,34). The fourth-order valence-corrected chi connectivity index (χ4v) is 4.33. The molecule has 1 aliphatic heterocycles. The first-order valence-electron chi connectivity index (χ1n) is 11.2. The maximum Gasteiger partial charge on any atom is 0.323 e. The highest BCUT2D eigenvalue weighted by molar-refractivity contribution is 6.36. The van der Waals surface area contributed by atoms with Crippen LogP contribution in [-0.4, -0.2) is 50.1 Å². The molecule has 2 N–H and O–H groups in total. The minimum absolute atomic E-state index is 0.126. The molecule has 3 amide bonds. The average Bonchev–Trinajstić information content (AvgIpc) is 2.87. The van der Waals surface area contributed by atoms with Crippen LogP contribution in [0.2, 0.25) is 10.0 Å². The zero-order valence-electron chi connectivity index (χ0n) is 19.3. The number of carbonyl (C=O) groups excluding carboxylic acids is 2. The second-order valence-corrected chi connectivity index (χ2v) is 8.99. The van der Waals surface area contributed by atoms with Gasteiger partial charge in [-0.1, -0.05) is 35.3 Å². The zero-order chi connectivity index (χ0) is 24.8. The maximum atomic E-state index is 12.7. The van der Waals surface area contributed by atoms with E-state index in [1.165, 1.54) is 0 Å². The molecule has 3 aromatic rings. The summed E-state index contributed by atoms with van der Waals surface area (Å²) in [5, 5.41) is 6.37. The molecular weight excluding hydrogens is 487 g/mol. The fraction of sp³-hybridized carbons (Fsp3) is 0.231. The van der Waals surface area contributed by atoms with Gasteiger partial charge >= 0.3 is 6.03 Å². The Labute approximate surface area is 214 Å². The van der Waals surface area contributed by atoms with Gasteiger partial charge in [0.1, 0.15) is 5.75 Å². The molecule has 0 unspecified atom stereocenters. The molecule has 3 aromatic carbocycles. The molecule has 0 saturated carbocycles. The second-order valence-electron chi connectivity index (χ2n) is 8.14. The molecule has 1 fully saturated rings. The normalized spacial score (nSPS) is 13.3. The lowest BCUT2D eigenvalue weighted by molar-refractivity contribution is -0.130. The molecule has 7 nitrogen and oxygen atoms in total. The summed E-state index contributed by atoms with van der Waals surface area (Å²) >= 11 is 12.0. The van der Waals surface area contributed by atoms with Crippen molar-refractivity contribution in [2.24, 2.45) is 0 Å². The smallest absolute Gasteiger partial charge is 0.323 e. The Morgan fingerprint density at radius 1 is 0.886 bits per heavy atom. The number of hydrogen-bond donors (Lipinski definition) is 2. The average molecular weight is 513 g/mol. The minimum Gasteiger partial charge on any atom is -0.497 e. The van der Waals surface area contributed by atoms with Crippen LogP contribution in [0.1, 0.15) is 5.56 Å². The van der Waals surface area contributed by atoms with E-state index in [1.807, 2.05) is 53.4 Å². The molecule has 1 saturated heterocycles. The van der Waals surface area contributed by atoms with Gasteiger partial charge in [-0.15, -0.1) is 0 Å². The molecule has 0 aliphatic carbocycles. The van der Waals surface area contributed by atoms with Crippen molar-refractivity contribution < 1.29 is 14.3 Å². The Kier molecular flexibility index (Phi) is 8.00. The van der Waals surface area contributed by atoms with E-state index in [0.717, 1.165) is 30.1 Å². The Morgan fingerprint density at radius 2 is 1.57 bits per heavy atom. The van der Waals surface area contributed by atoms with E-state index in [2.05, 4.69) is 15.5 Å². The first-order valence-corrected chi connectivity index (χ1v) is 12.0. The van der Waals surface area contributed by atoms with Crippen LogP contribution >= 0.6 is 23.2 Å². The lowest BCUT2D eigenvalue weighted by Crippen LogP contribution is -2.49. The summed E-state index contributed by atoms with van der Waals surface area (Å²) in [5.74, 6) is 0.906. The van der Waals surface area contributed by atoms with Crippen LogP contribution in [0, 0.1) is 0 Å². The first-order chi connectivity index (χ1) is 16.9.